The Morgan fingerprint density at radius 3 is 2.88 bits per heavy atom. The van der Waals surface area contributed by atoms with E-state index in [2.05, 4.69) is 22.3 Å². The van der Waals surface area contributed by atoms with Gasteiger partial charge in [0.25, 0.3) is 0 Å². The van der Waals surface area contributed by atoms with Gasteiger partial charge in [0.2, 0.25) is 0 Å². The molecule has 16 heavy (non-hydrogen) atoms. The molecule has 0 aliphatic carbocycles. The lowest BCUT2D eigenvalue weighted by Crippen LogP contribution is -2.51. The molecule has 1 aromatic carbocycles. The molecule has 86 valence electrons. The van der Waals surface area contributed by atoms with Crippen LogP contribution in [0.4, 0.5) is 5.69 Å². The molecular weight excluding hydrogens is 204 g/mol. The third kappa shape index (κ3) is 2.73. The van der Waals surface area contributed by atoms with Crippen LogP contribution in [0.5, 0.6) is 0 Å². The summed E-state index contributed by atoms with van der Waals surface area (Å²) < 4.78 is 0. The van der Waals surface area contributed by atoms with Crippen LogP contribution in [0.3, 0.4) is 0 Å². The lowest BCUT2D eigenvalue weighted by atomic mass is 10.1. The monoisotopic (exact) mass is 220 g/mol. The first kappa shape index (κ1) is 11.0. The van der Waals surface area contributed by atoms with E-state index in [1.54, 1.807) is 0 Å². The number of hydrogen-bond acceptors (Lipinski definition) is 3. The topological polar surface area (TPSA) is 52.6 Å². The van der Waals surface area contributed by atoms with Gasteiger partial charge in [-0.05, 0) is 12.1 Å². The Kier molecular flexibility index (Phi) is 3.41. The van der Waals surface area contributed by atoms with Gasteiger partial charge in [0.15, 0.2) is 0 Å². The van der Waals surface area contributed by atoms with Crippen LogP contribution in [0, 0.1) is 0 Å². The lowest BCUT2D eigenvalue weighted by Gasteiger charge is -2.34. The van der Waals surface area contributed by atoms with Crippen molar-refractivity contribution in [3.8, 4) is 0 Å². The van der Waals surface area contributed by atoms with Crippen LogP contribution in [0.2, 0.25) is 0 Å². The van der Waals surface area contributed by atoms with Crippen molar-refractivity contribution in [3.63, 3.8) is 0 Å². The highest BCUT2D eigenvalue weighted by Crippen LogP contribution is 2.15. The number of piperazine rings is 1. The number of nitrogens with one attached hydrogen (secondary N) is 1. The molecule has 0 bridgehead atoms. The number of aliphatic carboxylic acids is 1. The Hall–Kier alpha value is -1.55. The Morgan fingerprint density at radius 1 is 1.44 bits per heavy atom. The first-order valence-corrected chi connectivity index (χ1v) is 5.51. The number of hydrogen-bond donors (Lipinski definition) is 2. The number of carboxylic acid groups (broad SMARTS) is 1. The third-order valence-electron chi connectivity index (χ3n) is 2.80. The standard InChI is InChI=1S/C12H16N2O2/c15-12(16)8-10-9-14(7-6-13-10)11-4-2-1-3-5-11/h1-5,10,13H,6-9H2,(H,15,16). The average Bonchev–Trinajstić information content (AvgIpc) is 2.30. The van der Waals surface area contributed by atoms with E-state index < -0.39 is 5.97 Å². The number of carbonyl (C=O) groups is 1. The second-order valence-corrected chi connectivity index (χ2v) is 4.03. The molecule has 4 nitrogen and oxygen atoms in total. The zero-order valence-electron chi connectivity index (χ0n) is 9.10. The van der Waals surface area contributed by atoms with E-state index >= 15 is 0 Å². The highest BCUT2D eigenvalue weighted by molar-refractivity contribution is 5.67. The smallest absolute Gasteiger partial charge is 0.304 e. The molecular formula is C12H16N2O2. The van der Waals surface area contributed by atoms with Crippen LogP contribution in [0.25, 0.3) is 0 Å². The summed E-state index contributed by atoms with van der Waals surface area (Å²) >= 11 is 0. The molecule has 1 saturated heterocycles. The average molecular weight is 220 g/mol. The Labute approximate surface area is 94.9 Å². The van der Waals surface area contributed by atoms with Gasteiger partial charge < -0.3 is 15.3 Å². The Morgan fingerprint density at radius 2 is 2.19 bits per heavy atom. The van der Waals surface area contributed by atoms with Crippen molar-refractivity contribution in [2.75, 3.05) is 24.5 Å². The summed E-state index contributed by atoms with van der Waals surface area (Å²) in [6, 6.07) is 10.2. The molecule has 1 atom stereocenters. The largest absolute Gasteiger partial charge is 0.481 e. The molecule has 1 unspecified atom stereocenters. The molecule has 1 fully saturated rings. The summed E-state index contributed by atoms with van der Waals surface area (Å²) in [5, 5.41) is 12.0. The number of rotatable bonds is 3. The summed E-state index contributed by atoms with van der Waals surface area (Å²) in [7, 11) is 0. The summed E-state index contributed by atoms with van der Waals surface area (Å²) in [5.41, 5.74) is 1.17. The first-order chi connectivity index (χ1) is 7.75. The number of para-hydroxylation sites is 1. The van der Waals surface area contributed by atoms with E-state index in [0.717, 1.165) is 19.6 Å². The molecule has 0 aromatic heterocycles. The lowest BCUT2D eigenvalue weighted by molar-refractivity contribution is -0.137. The van der Waals surface area contributed by atoms with Gasteiger partial charge >= 0.3 is 5.97 Å². The Bertz CT molecular complexity index is 353. The zero-order valence-corrected chi connectivity index (χ0v) is 9.10. The van der Waals surface area contributed by atoms with Crippen molar-refractivity contribution < 1.29 is 9.90 Å². The van der Waals surface area contributed by atoms with E-state index in [1.807, 2.05) is 18.2 Å². The summed E-state index contributed by atoms with van der Waals surface area (Å²) in [5.74, 6) is -0.743. The molecule has 2 rings (SSSR count). The molecule has 0 amide bonds. The predicted octanol–water partition coefficient (Wildman–Crippen LogP) is 0.940. The van der Waals surface area contributed by atoms with Crippen molar-refractivity contribution in [1.82, 2.24) is 5.32 Å². The van der Waals surface area contributed by atoms with Gasteiger partial charge in [-0.3, -0.25) is 4.79 Å². The predicted molar refractivity (Wildman–Crippen MR) is 62.7 cm³/mol. The van der Waals surface area contributed by atoms with E-state index in [0.29, 0.717) is 0 Å². The van der Waals surface area contributed by atoms with Crippen molar-refractivity contribution in [2.24, 2.45) is 0 Å². The molecule has 0 saturated carbocycles. The molecule has 2 N–H and O–H groups in total. The zero-order chi connectivity index (χ0) is 11.4. The maximum atomic E-state index is 10.7. The fourth-order valence-corrected chi connectivity index (χ4v) is 2.05. The van der Waals surface area contributed by atoms with E-state index in [9.17, 15) is 4.79 Å². The van der Waals surface area contributed by atoms with Crippen LogP contribution in [0.1, 0.15) is 6.42 Å². The minimum Gasteiger partial charge on any atom is -0.481 e. The van der Waals surface area contributed by atoms with Crippen LogP contribution in [-0.2, 0) is 4.79 Å². The minimum atomic E-state index is -0.743. The number of carboxylic acids is 1. The highest BCUT2D eigenvalue weighted by atomic mass is 16.4. The molecule has 0 spiro atoms. The fourth-order valence-electron chi connectivity index (χ4n) is 2.05. The van der Waals surface area contributed by atoms with E-state index in [4.69, 9.17) is 5.11 Å². The van der Waals surface area contributed by atoms with Crippen molar-refractivity contribution in [1.29, 1.82) is 0 Å². The van der Waals surface area contributed by atoms with Crippen LogP contribution >= 0.6 is 0 Å². The summed E-state index contributed by atoms with van der Waals surface area (Å²) in [6.45, 7) is 2.53. The number of benzene rings is 1. The highest BCUT2D eigenvalue weighted by Gasteiger charge is 2.21. The number of anilines is 1. The maximum absolute atomic E-state index is 10.7. The second kappa shape index (κ2) is 4.99. The molecule has 1 aliphatic rings. The van der Waals surface area contributed by atoms with Crippen LogP contribution < -0.4 is 10.2 Å². The summed E-state index contributed by atoms with van der Waals surface area (Å²) in [4.78, 5) is 12.9. The maximum Gasteiger partial charge on any atom is 0.304 e. The molecule has 1 heterocycles. The van der Waals surface area contributed by atoms with Gasteiger partial charge in [0, 0.05) is 31.4 Å². The summed E-state index contributed by atoms with van der Waals surface area (Å²) in [6.07, 6.45) is 0.184. The van der Waals surface area contributed by atoms with Gasteiger partial charge in [-0.2, -0.15) is 0 Å². The molecule has 0 radical (unpaired) electrons. The molecule has 4 heteroatoms. The Balaban J connectivity index is 1.99. The molecule has 1 aromatic rings. The van der Waals surface area contributed by atoms with Gasteiger partial charge in [-0.1, -0.05) is 18.2 Å². The first-order valence-electron chi connectivity index (χ1n) is 5.51. The van der Waals surface area contributed by atoms with Gasteiger partial charge in [-0.15, -0.1) is 0 Å². The second-order valence-electron chi connectivity index (χ2n) is 4.03. The van der Waals surface area contributed by atoms with Crippen LogP contribution in [0.15, 0.2) is 30.3 Å². The fraction of sp³-hybridized carbons (Fsp3) is 0.417. The molecule has 1 aliphatic heterocycles. The van der Waals surface area contributed by atoms with Gasteiger partial charge in [0.1, 0.15) is 0 Å². The SMILES string of the molecule is O=C(O)CC1CN(c2ccccc2)CCN1. The van der Waals surface area contributed by atoms with E-state index in [1.165, 1.54) is 5.69 Å². The minimum absolute atomic E-state index is 0.0476. The van der Waals surface area contributed by atoms with Crippen molar-refractivity contribution in [2.45, 2.75) is 12.5 Å². The van der Waals surface area contributed by atoms with E-state index in [-0.39, 0.29) is 12.5 Å². The van der Waals surface area contributed by atoms with Gasteiger partial charge in [-0.25, -0.2) is 0 Å². The van der Waals surface area contributed by atoms with Crippen molar-refractivity contribution in [3.05, 3.63) is 30.3 Å². The third-order valence-corrected chi connectivity index (χ3v) is 2.80. The number of nitrogens with zero attached hydrogens (tertiary/aromatic N) is 1. The van der Waals surface area contributed by atoms with Crippen molar-refractivity contribution >= 4 is 11.7 Å². The van der Waals surface area contributed by atoms with Crippen LogP contribution in [-0.4, -0.2) is 36.8 Å². The van der Waals surface area contributed by atoms with Gasteiger partial charge in [0.05, 0.1) is 6.42 Å². The normalized spacial score (nSPS) is 20.8. The quantitative estimate of drug-likeness (QED) is 0.796.